The Hall–Kier alpha value is -1.55. The highest BCUT2D eigenvalue weighted by molar-refractivity contribution is 9.10. The van der Waals surface area contributed by atoms with E-state index in [1.54, 1.807) is 6.07 Å². The molecule has 0 aliphatic heterocycles. The molecule has 1 aromatic heterocycles. The molecule has 0 unspecified atom stereocenters. The number of hydrogen-bond donors (Lipinski definition) is 1. The molecule has 0 radical (unpaired) electrons. The van der Waals surface area contributed by atoms with Crippen molar-refractivity contribution in [2.24, 2.45) is 0 Å². The van der Waals surface area contributed by atoms with Crippen molar-refractivity contribution in [2.45, 2.75) is 25.8 Å². The SMILES string of the molecule is O=c1ccc2c(n1CCNc1cccc(Br)c1)CCC2. The maximum atomic E-state index is 12.0. The lowest BCUT2D eigenvalue weighted by molar-refractivity contribution is 0.659. The van der Waals surface area contributed by atoms with Crippen LogP contribution in [0.25, 0.3) is 0 Å². The zero-order valence-corrected chi connectivity index (χ0v) is 12.8. The van der Waals surface area contributed by atoms with Gasteiger partial charge in [0.25, 0.3) is 5.56 Å². The minimum atomic E-state index is 0.113. The smallest absolute Gasteiger partial charge is 0.250 e. The molecule has 1 aliphatic rings. The fourth-order valence-electron chi connectivity index (χ4n) is 2.79. The first-order chi connectivity index (χ1) is 9.74. The summed E-state index contributed by atoms with van der Waals surface area (Å²) in [5.74, 6) is 0. The minimum Gasteiger partial charge on any atom is -0.383 e. The predicted molar refractivity (Wildman–Crippen MR) is 85.4 cm³/mol. The topological polar surface area (TPSA) is 34.0 Å². The molecule has 3 nitrogen and oxygen atoms in total. The Balaban J connectivity index is 1.70. The van der Waals surface area contributed by atoms with Crippen LogP contribution < -0.4 is 10.9 Å². The highest BCUT2D eigenvalue weighted by atomic mass is 79.9. The molecule has 0 spiro atoms. The van der Waals surface area contributed by atoms with Crippen LogP contribution >= 0.6 is 15.9 Å². The molecule has 1 aliphatic carbocycles. The normalized spacial score (nSPS) is 13.2. The molecule has 0 saturated carbocycles. The minimum absolute atomic E-state index is 0.113. The Morgan fingerprint density at radius 2 is 2.10 bits per heavy atom. The van der Waals surface area contributed by atoms with E-state index in [2.05, 4.69) is 21.2 Å². The highest BCUT2D eigenvalue weighted by Crippen LogP contribution is 2.20. The van der Waals surface area contributed by atoms with Gasteiger partial charge in [-0.05, 0) is 43.0 Å². The van der Waals surface area contributed by atoms with Gasteiger partial charge < -0.3 is 9.88 Å². The van der Waals surface area contributed by atoms with Gasteiger partial charge >= 0.3 is 0 Å². The lowest BCUT2D eigenvalue weighted by Crippen LogP contribution is -2.26. The van der Waals surface area contributed by atoms with E-state index in [1.807, 2.05) is 34.9 Å². The summed E-state index contributed by atoms with van der Waals surface area (Å²) in [6, 6.07) is 11.8. The van der Waals surface area contributed by atoms with Crippen LogP contribution in [0, 0.1) is 0 Å². The van der Waals surface area contributed by atoms with Gasteiger partial charge in [0.15, 0.2) is 0 Å². The standard InChI is InChI=1S/C16H17BrN2O/c17-13-4-2-5-14(11-13)18-9-10-19-15-6-1-3-12(15)7-8-16(19)20/h2,4-5,7-8,11,18H,1,3,6,9-10H2. The average molecular weight is 333 g/mol. The molecule has 104 valence electrons. The number of anilines is 1. The molecule has 0 atom stereocenters. The van der Waals surface area contributed by atoms with Crippen LogP contribution in [-0.2, 0) is 19.4 Å². The van der Waals surface area contributed by atoms with E-state index in [0.29, 0.717) is 6.54 Å². The van der Waals surface area contributed by atoms with Gasteiger partial charge in [-0.25, -0.2) is 0 Å². The van der Waals surface area contributed by atoms with Crippen LogP contribution in [0.4, 0.5) is 5.69 Å². The summed E-state index contributed by atoms with van der Waals surface area (Å²) in [5.41, 5.74) is 3.75. The van der Waals surface area contributed by atoms with Gasteiger partial charge in [-0.1, -0.05) is 28.1 Å². The largest absolute Gasteiger partial charge is 0.383 e. The first kappa shape index (κ1) is 13.4. The predicted octanol–water partition coefficient (Wildman–Crippen LogP) is 3.21. The summed E-state index contributed by atoms with van der Waals surface area (Å²) >= 11 is 3.46. The van der Waals surface area contributed by atoms with Crippen LogP contribution in [0.1, 0.15) is 17.7 Å². The van der Waals surface area contributed by atoms with Crippen molar-refractivity contribution in [3.63, 3.8) is 0 Å². The maximum Gasteiger partial charge on any atom is 0.250 e. The van der Waals surface area contributed by atoms with Crippen molar-refractivity contribution in [1.29, 1.82) is 0 Å². The van der Waals surface area contributed by atoms with Crippen LogP contribution in [0.2, 0.25) is 0 Å². The Morgan fingerprint density at radius 1 is 1.20 bits per heavy atom. The second kappa shape index (κ2) is 5.83. The van der Waals surface area contributed by atoms with Gasteiger partial charge in [-0.2, -0.15) is 0 Å². The van der Waals surface area contributed by atoms with E-state index in [4.69, 9.17) is 0 Å². The van der Waals surface area contributed by atoms with Crippen molar-refractivity contribution in [3.05, 3.63) is 62.5 Å². The molecule has 1 aromatic carbocycles. The number of pyridine rings is 1. The Morgan fingerprint density at radius 3 is 2.95 bits per heavy atom. The molecular formula is C16H17BrN2O. The average Bonchev–Trinajstić information content (AvgIpc) is 2.90. The molecule has 2 aromatic rings. The van der Waals surface area contributed by atoms with E-state index >= 15 is 0 Å². The van der Waals surface area contributed by atoms with Gasteiger partial charge in [-0.15, -0.1) is 0 Å². The number of halogens is 1. The van der Waals surface area contributed by atoms with Gasteiger partial charge in [0.05, 0.1) is 0 Å². The molecule has 0 fully saturated rings. The molecule has 4 heteroatoms. The van der Waals surface area contributed by atoms with Crippen LogP contribution in [0.3, 0.4) is 0 Å². The Labute approximate surface area is 126 Å². The number of fused-ring (bicyclic) bond motifs is 1. The summed E-state index contributed by atoms with van der Waals surface area (Å²) in [4.78, 5) is 12.0. The van der Waals surface area contributed by atoms with Gasteiger partial charge in [-0.3, -0.25) is 4.79 Å². The van der Waals surface area contributed by atoms with Crippen molar-refractivity contribution in [2.75, 3.05) is 11.9 Å². The van der Waals surface area contributed by atoms with E-state index < -0.39 is 0 Å². The lowest BCUT2D eigenvalue weighted by atomic mass is 10.2. The zero-order chi connectivity index (χ0) is 13.9. The number of hydrogen-bond acceptors (Lipinski definition) is 2. The fourth-order valence-corrected chi connectivity index (χ4v) is 3.19. The summed E-state index contributed by atoms with van der Waals surface area (Å²) < 4.78 is 2.98. The van der Waals surface area contributed by atoms with Gasteiger partial charge in [0.1, 0.15) is 0 Å². The van der Waals surface area contributed by atoms with E-state index in [-0.39, 0.29) is 5.56 Å². The Kier molecular flexibility index (Phi) is 3.92. The third-order valence-corrected chi connectivity index (χ3v) is 4.23. The zero-order valence-electron chi connectivity index (χ0n) is 11.2. The van der Waals surface area contributed by atoms with Crippen molar-refractivity contribution < 1.29 is 0 Å². The number of rotatable bonds is 4. The molecule has 1 heterocycles. The number of nitrogens with zero attached hydrogens (tertiary/aromatic N) is 1. The molecular weight excluding hydrogens is 316 g/mol. The maximum absolute atomic E-state index is 12.0. The van der Waals surface area contributed by atoms with E-state index in [9.17, 15) is 4.79 Å². The highest BCUT2D eigenvalue weighted by Gasteiger charge is 2.15. The summed E-state index contributed by atoms with van der Waals surface area (Å²) in [7, 11) is 0. The van der Waals surface area contributed by atoms with Crippen LogP contribution in [-0.4, -0.2) is 11.1 Å². The van der Waals surface area contributed by atoms with Crippen molar-refractivity contribution >= 4 is 21.6 Å². The van der Waals surface area contributed by atoms with Gasteiger partial charge in [0.2, 0.25) is 0 Å². The molecule has 1 N–H and O–H groups in total. The first-order valence-corrected chi connectivity index (χ1v) is 7.74. The van der Waals surface area contributed by atoms with Gasteiger partial charge in [0, 0.05) is 35.0 Å². The molecule has 20 heavy (non-hydrogen) atoms. The van der Waals surface area contributed by atoms with Crippen LogP contribution in [0.15, 0.2) is 45.7 Å². The summed E-state index contributed by atoms with van der Waals surface area (Å²) in [5, 5.41) is 3.36. The van der Waals surface area contributed by atoms with Crippen molar-refractivity contribution in [3.8, 4) is 0 Å². The number of aromatic nitrogens is 1. The molecule has 3 rings (SSSR count). The monoisotopic (exact) mass is 332 g/mol. The van der Waals surface area contributed by atoms with Crippen LogP contribution in [0.5, 0.6) is 0 Å². The van der Waals surface area contributed by atoms with E-state index in [1.165, 1.54) is 11.3 Å². The Bertz CT molecular complexity index is 678. The fraction of sp³-hybridized carbons (Fsp3) is 0.312. The number of aryl methyl sites for hydroxylation is 1. The van der Waals surface area contributed by atoms with Crippen molar-refractivity contribution in [1.82, 2.24) is 4.57 Å². The number of nitrogens with one attached hydrogen (secondary N) is 1. The molecule has 0 saturated heterocycles. The second-order valence-corrected chi connectivity index (χ2v) is 6.00. The molecule has 0 bridgehead atoms. The first-order valence-electron chi connectivity index (χ1n) is 6.95. The summed E-state index contributed by atoms with van der Waals surface area (Å²) in [6.45, 7) is 1.47. The second-order valence-electron chi connectivity index (χ2n) is 5.09. The lowest BCUT2D eigenvalue weighted by Gasteiger charge is -2.13. The number of benzene rings is 1. The summed E-state index contributed by atoms with van der Waals surface area (Å²) in [6.07, 6.45) is 3.30. The third kappa shape index (κ3) is 2.80. The molecule has 0 amide bonds. The van der Waals surface area contributed by atoms with E-state index in [0.717, 1.165) is 36.0 Å². The third-order valence-electron chi connectivity index (χ3n) is 3.74. The quantitative estimate of drug-likeness (QED) is 0.932.